The van der Waals surface area contributed by atoms with E-state index in [-0.39, 0.29) is 17.4 Å². The molecule has 1 amide bonds. The normalized spacial score (nSPS) is 12.0. The van der Waals surface area contributed by atoms with Crippen LogP contribution in [0.15, 0.2) is 53.3 Å². The van der Waals surface area contributed by atoms with Crippen LogP contribution in [-0.4, -0.2) is 32.0 Å². The Kier molecular flexibility index (Phi) is 6.03. The zero-order valence-electron chi connectivity index (χ0n) is 16.4. The Bertz CT molecular complexity index is 1010. The van der Waals surface area contributed by atoms with Crippen molar-refractivity contribution in [2.24, 2.45) is 0 Å². The second-order valence-electron chi connectivity index (χ2n) is 6.75. The van der Waals surface area contributed by atoms with E-state index >= 15 is 0 Å². The van der Waals surface area contributed by atoms with Crippen LogP contribution in [0.3, 0.4) is 0 Å². The number of hydrogen-bond donors (Lipinski definition) is 1. The standard InChI is InChI=1S/C21H25N5O2/c1-4-18(17-8-6-5-7-9-17)21(28)22-12-13-25-20(27)11-10-19(24-25)26-16(3)14-15(2)23-26/h5-11,14,18H,4,12-13H2,1-3H3,(H,22,28). The third-order valence-corrected chi connectivity index (χ3v) is 4.63. The molecule has 1 atom stereocenters. The van der Waals surface area contributed by atoms with E-state index in [4.69, 9.17) is 0 Å². The highest BCUT2D eigenvalue weighted by atomic mass is 16.2. The van der Waals surface area contributed by atoms with Gasteiger partial charge in [-0.25, -0.2) is 9.36 Å². The Morgan fingerprint density at radius 2 is 1.86 bits per heavy atom. The van der Waals surface area contributed by atoms with Gasteiger partial charge in [0.25, 0.3) is 5.56 Å². The summed E-state index contributed by atoms with van der Waals surface area (Å²) in [5, 5.41) is 11.7. The lowest BCUT2D eigenvalue weighted by molar-refractivity contribution is -0.122. The number of nitrogens with zero attached hydrogens (tertiary/aromatic N) is 4. The molecule has 7 heteroatoms. The van der Waals surface area contributed by atoms with Gasteiger partial charge in [-0.2, -0.15) is 5.10 Å². The van der Waals surface area contributed by atoms with Gasteiger partial charge in [0, 0.05) is 18.3 Å². The van der Waals surface area contributed by atoms with Crippen LogP contribution in [0.2, 0.25) is 0 Å². The van der Waals surface area contributed by atoms with Gasteiger partial charge in [-0.05, 0) is 38.0 Å². The summed E-state index contributed by atoms with van der Waals surface area (Å²) in [5.41, 5.74) is 2.60. The molecule has 1 aromatic carbocycles. The van der Waals surface area contributed by atoms with Crippen molar-refractivity contribution in [2.45, 2.75) is 39.7 Å². The highest BCUT2D eigenvalue weighted by molar-refractivity contribution is 5.83. The second-order valence-corrected chi connectivity index (χ2v) is 6.75. The van der Waals surface area contributed by atoms with Gasteiger partial charge in [-0.3, -0.25) is 9.59 Å². The number of carbonyl (C=O) groups is 1. The van der Waals surface area contributed by atoms with Gasteiger partial charge in [0.1, 0.15) is 0 Å². The summed E-state index contributed by atoms with van der Waals surface area (Å²) >= 11 is 0. The van der Waals surface area contributed by atoms with Crippen molar-refractivity contribution >= 4 is 5.91 Å². The maximum absolute atomic E-state index is 12.6. The van der Waals surface area contributed by atoms with Gasteiger partial charge in [0.05, 0.1) is 18.2 Å². The zero-order valence-corrected chi connectivity index (χ0v) is 16.4. The molecule has 0 bridgehead atoms. The van der Waals surface area contributed by atoms with Crippen LogP contribution < -0.4 is 10.9 Å². The molecule has 0 fully saturated rings. The first kappa shape index (κ1) is 19.5. The third kappa shape index (κ3) is 4.36. The van der Waals surface area contributed by atoms with Crippen molar-refractivity contribution in [3.8, 4) is 5.82 Å². The summed E-state index contributed by atoms with van der Waals surface area (Å²) in [4.78, 5) is 24.7. The van der Waals surface area contributed by atoms with E-state index in [1.807, 2.05) is 57.2 Å². The Balaban J connectivity index is 1.67. The number of hydrogen-bond acceptors (Lipinski definition) is 4. The fraction of sp³-hybridized carbons (Fsp3) is 0.333. The molecule has 0 saturated heterocycles. The first-order valence-electron chi connectivity index (χ1n) is 9.44. The highest BCUT2D eigenvalue weighted by Gasteiger charge is 2.18. The molecule has 146 valence electrons. The Morgan fingerprint density at radius 1 is 1.11 bits per heavy atom. The lowest BCUT2D eigenvalue weighted by atomic mass is 9.96. The van der Waals surface area contributed by atoms with E-state index in [1.54, 1.807) is 10.7 Å². The SMILES string of the molecule is CCC(C(=O)NCCn1nc(-n2nc(C)cc2C)ccc1=O)c1ccccc1. The van der Waals surface area contributed by atoms with Crippen molar-refractivity contribution in [1.82, 2.24) is 24.9 Å². The number of nitrogens with one attached hydrogen (secondary N) is 1. The molecule has 0 radical (unpaired) electrons. The number of aryl methyl sites for hydroxylation is 2. The van der Waals surface area contributed by atoms with Crippen molar-refractivity contribution < 1.29 is 4.79 Å². The molecule has 0 aliphatic rings. The van der Waals surface area contributed by atoms with E-state index < -0.39 is 0 Å². The van der Waals surface area contributed by atoms with E-state index in [2.05, 4.69) is 15.5 Å². The van der Waals surface area contributed by atoms with E-state index in [1.165, 1.54) is 10.7 Å². The van der Waals surface area contributed by atoms with E-state index in [0.717, 1.165) is 17.0 Å². The lowest BCUT2D eigenvalue weighted by Gasteiger charge is -2.15. The number of aromatic nitrogens is 4. The lowest BCUT2D eigenvalue weighted by Crippen LogP contribution is -2.34. The number of benzene rings is 1. The second kappa shape index (κ2) is 8.65. The summed E-state index contributed by atoms with van der Waals surface area (Å²) in [6.45, 7) is 6.46. The minimum absolute atomic E-state index is 0.0450. The Labute approximate surface area is 164 Å². The van der Waals surface area contributed by atoms with Crippen molar-refractivity contribution in [3.63, 3.8) is 0 Å². The minimum Gasteiger partial charge on any atom is -0.354 e. The molecule has 2 aromatic heterocycles. The predicted molar refractivity (Wildman–Crippen MR) is 108 cm³/mol. The first-order chi connectivity index (χ1) is 13.5. The topological polar surface area (TPSA) is 81.8 Å². The van der Waals surface area contributed by atoms with Gasteiger partial charge in [-0.1, -0.05) is 37.3 Å². The first-order valence-corrected chi connectivity index (χ1v) is 9.44. The fourth-order valence-electron chi connectivity index (χ4n) is 3.24. The summed E-state index contributed by atoms with van der Waals surface area (Å²) < 4.78 is 3.06. The Morgan fingerprint density at radius 3 is 2.50 bits per heavy atom. The molecule has 2 heterocycles. The van der Waals surface area contributed by atoms with E-state index in [0.29, 0.717) is 25.3 Å². The van der Waals surface area contributed by atoms with Crippen LogP contribution in [-0.2, 0) is 11.3 Å². The average molecular weight is 379 g/mol. The Hall–Kier alpha value is -3.22. The van der Waals surface area contributed by atoms with Gasteiger partial charge in [-0.15, -0.1) is 5.10 Å². The maximum atomic E-state index is 12.6. The third-order valence-electron chi connectivity index (χ3n) is 4.63. The molecule has 0 saturated carbocycles. The molecule has 1 unspecified atom stereocenters. The van der Waals surface area contributed by atoms with Gasteiger partial charge in [0.2, 0.25) is 5.91 Å². The predicted octanol–water partition coefficient (Wildman–Crippen LogP) is 2.36. The van der Waals surface area contributed by atoms with Crippen LogP contribution in [0, 0.1) is 13.8 Å². The smallest absolute Gasteiger partial charge is 0.266 e. The maximum Gasteiger partial charge on any atom is 0.266 e. The van der Waals surface area contributed by atoms with Crippen LogP contribution in [0.4, 0.5) is 0 Å². The van der Waals surface area contributed by atoms with Gasteiger partial charge >= 0.3 is 0 Å². The van der Waals surface area contributed by atoms with Gasteiger partial charge in [0.15, 0.2) is 5.82 Å². The molecule has 3 aromatic rings. The highest BCUT2D eigenvalue weighted by Crippen LogP contribution is 2.19. The monoisotopic (exact) mass is 379 g/mol. The number of rotatable bonds is 7. The molecule has 0 aliphatic carbocycles. The molecule has 0 spiro atoms. The van der Waals surface area contributed by atoms with Crippen molar-refractivity contribution in [1.29, 1.82) is 0 Å². The minimum atomic E-state index is -0.213. The molecule has 0 aliphatic heterocycles. The summed E-state index contributed by atoms with van der Waals surface area (Å²) in [7, 11) is 0. The van der Waals surface area contributed by atoms with Crippen LogP contribution in [0.1, 0.15) is 36.2 Å². The van der Waals surface area contributed by atoms with Crippen LogP contribution >= 0.6 is 0 Å². The number of carbonyl (C=O) groups excluding carboxylic acids is 1. The molecule has 1 N–H and O–H groups in total. The molecule has 7 nitrogen and oxygen atoms in total. The largest absolute Gasteiger partial charge is 0.354 e. The number of amides is 1. The fourth-order valence-corrected chi connectivity index (χ4v) is 3.24. The quantitative estimate of drug-likeness (QED) is 0.683. The summed E-state index contributed by atoms with van der Waals surface area (Å²) in [5.74, 6) is 0.329. The molecule has 3 rings (SSSR count). The summed E-state index contributed by atoms with van der Waals surface area (Å²) in [6.07, 6.45) is 0.710. The van der Waals surface area contributed by atoms with Crippen molar-refractivity contribution in [3.05, 3.63) is 75.8 Å². The van der Waals surface area contributed by atoms with Crippen LogP contribution in [0.25, 0.3) is 5.82 Å². The molecular formula is C21H25N5O2. The van der Waals surface area contributed by atoms with Crippen LogP contribution in [0.5, 0.6) is 0 Å². The molecular weight excluding hydrogens is 354 g/mol. The zero-order chi connectivity index (χ0) is 20.1. The van der Waals surface area contributed by atoms with Gasteiger partial charge < -0.3 is 5.32 Å². The van der Waals surface area contributed by atoms with E-state index in [9.17, 15) is 9.59 Å². The molecule has 28 heavy (non-hydrogen) atoms. The van der Waals surface area contributed by atoms with Crippen molar-refractivity contribution in [2.75, 3.05) is 6.54 Å². The summed E-state index contributed by atoms with van der Waals surface area (Å²) in [6, 6.07) is 14.8. The average Bonchev–Trinajstić information content (AvgIpc) is 3.03.